The molecule has 0 aliphatic heterocycles. The van der Waals surface area contributed by atoms with Gasteiger partial charge in [-0.15, -0.1) is 0 Å². The quantitative estimate of drug-likeness (QED) is 0.390. The van der Waals surface area contributed by atoms with Crippen molar-refractivity contribution in [3.8, 4) is 5.75 Å². The first kappa shape index (κ1) is 23.4. The van der Waals surface area contributed by atoms with Gasteiger partial charge in [-0.25, -0.2) is 0 Å². The van der Waals surface area contributed by atoms with Crippen molar-refractivity contribution in [2.24, 2.45) is 0 Å². The molecule has 2 heterocycles. The minimum Gasteiger partial charge on any atom is -0.495 e. The summed E-state index contributed by atoms with van der Waals surface area (Å²) < 4.78 is 58.7. The minimum atomic E-state index is -4.53. The number of fused-ring (bicyclic) bond motifs is 1. The van der Waals surface area contributed by atoms with E-state index < -0.39 is 18.9 Å². The van der Waals surface area contributed by atoms with Gasteiger partial charge in [-0.3, -0.25) is 0 Å². The standard InChI is InChI=1S/C22H27F3N5O2P/c1-32-17-11-14(33(2,3)31)9-10-16(17)28-21-29-19-18(15(12-26-19)22(23,24)25)20(30-21)27-13-7-5-4-6-8-13/h9-13H,4-8H2,1-3H3,(H3,26,27,28,29,30). The molecular formula is C22H27F3N5O2P. The lowest BCUT2D eigenvalue weighted by atomic mass is 9.95. The van der Waals surface area contributed by atoms with E-state index >= 15 is 0 Å². The summed E-state index contributed by atoms with van der Waals surface area (Å²) in [6, 6.07) is 5.16. The van der Waals surface area contributed by atoms with Gasteiger partial charge in [-0.1, -0.05) is 19.3 Å². The fraction of sp³-hybridized carbons (Fsp3) is 0.455. The van der Waals surface area contributed by atoms with E-state index in [1.165, 1.54) is 7.11 Å². The van der Waals surface area contributed by atoms with Crippen molar-refractivity contribution in [3.05, 3.63) is 30.0 Å². The summed E-state index contributed by atoms with van der Waals surface area (Å²) in [7, 11) is -1.01. The van der Waals surface area contributed by atoms with Crippen LogP contribution in [-0.2, 0) is 10.7 Å². The van der Waals surface area contributed by atoms with E-state index in [1.807, 2.05) is 0 Å². The van der Waals surface area contributed by atoms with E-state index in [4.69, 9.17) is 4.74 Å². The molecule has 7 nitrogen and oxygen atoms in total. The summed E-state index contributed by atoms with van der Waals surface area (Å²) in [5.41, 5.74) is -0.202. The Hall–Kier alpha value is -2.74. The van der Waals surface area contributed by atoms with Gasteiger partial charge in [-0.05, 0) is 44.4 Å². The lowest BCUT2D eigenvalue weighted by Gasteiger charge is -2.24. The van der Waals surface area contributed by atoms with E-state index in [-0.39, 0.29) is 28.8 Å². The maximum absolute atomic E-state index is 13.6. The van der Waals surface area contributed by atoms with Crippen LogP contribution in [0.5, 0.6) is 5.75 Å². The van der Waals surface area contributed by atoms with E-state index in [1.54, 1.807) is 31.5 Å². The number of alkyl halides is 3. The molecule has 0 radical (unpaired) electrons. The number of nitrogens with one attached hydrogen (secondary N) is 3. The molecule has 33 heavy (non-hydrogen) atoms. The number of halogens is 3. The zero-order valence-corrected chi connectivity index (χ0v) is 19.6. The molecule has 0 amide bonds. The van der Waals surface area contributed by atoms with Crippen molar-refractivity contribution < 1.29 is 22.5 Å². The van der Waals surface area contributed by atoms with Gasteiger partial charge in [0.25, 0.3) is 0 Å². The lowest BCUT2D eigenvalue weighted by molar-refractivity contribution is -0.136. The van der Waals surface area contributed by atoms with Gasteiger partial charge in [0.2, 0.25) is 5.95 Å². The summed E-state index contributed by atoms with van der Waals surface area (Å²) in [5, 5.41) is 6.85. The lowest BCUT2D eigenvalue weighted by Crippen LogP contribution is -2.23. The predicted molar refractivity (Wildman–Crippen MR) is 125 cm³/mol. The second-order valence-corrected chi connectivity index (χ2v) is 11.9. The van der Waals surface area contributed by atoms with Crippen LogP contribution in [0, 0.1) is 0 Å². The van der Waals surface area contributed by atoms with E-state index in [0.717, 1.165) is 38.3 Å². The molecule has 0 atom stereocenters. The summed E-state index contributed by atoms with van der Waals surface area (Å²) in [5.74, 6) is 0.702. The van der Waals surface area contributed by atoms with Gasteiger partial charge in [0.15, 0.2) is 0 Å². The van der Waals surface area contributed by atoms with Gasteiger partial charge < -0.3 is 24.9 Å². The molecule has 0 saturated heterocycles. The van der Waals surface area contributed by atoms with Crippen LogP contribution >= 0.6 is 7.14 Å². The van der Waals surface area contributed by atoms with Crippen molar-refractivity contribution >= 4 is 40.9 Å². The molecule has 178 valence electrons. The molecule has 1 aliphatic carbocycles. The molecule has 3 aromatic rings. The number of anilines is 3. The van der Waals surface area contributed by atoms with Gasteiger partial charge in [0, 0.05) is 17.5 Å². The topological polar surface area (TPSA) is 91.9 Å². The molecule has 1 aromatic carbocycles. The Morgan fingerprint density at radius 1 is 1.15 bits per heavy atom. The number of rotatable bonds is 6. The molecule has 1 saturated carbocycles. The fourth-order valence-corrected chi connectivity index (χ4v) is 4.96. The Kier molecular flexibility index (Phi) is 6.31. The first-order chi connectivity index (χ1) is 15.6. The van der Waals surface area contributed by atoms with Gasteiger partial charge in [0.05, 0.1) is 23.7 Å². The highest BCUT2D eigenvalue weighted by atomic mass is 31.2. The van der Waals surface area contributed by atoms with Crippen LogP contribution < -0.4 is 20.7 Å². The molecule has 1 fully saturated rings. The highest BCUT2D eigenvalue weighted by Crippen LogP contribution is 2.40. The maximum Gasteiger partial charge on any atom is 0.418 e. The first-order valence-corrected chi connectivity index (χ1v) is 13.4. The largest absolute Gasteiger partial charge is 0.495 e. The Balaban J connectivity index is 1.75. The molecule has 3 N–H and O–H groups in total. The fourth-order valence-electron chi connectivity index (χ4n) is 4.10. The highest BCUT2D eigenvalue weighted by Gasteiger charge is 2.36. The normalized spacial score (nSPS) is 15.6. The molecule has 0 bridgehead atoms. The zero-order chi connectivity index (χ0) is 23.8. The number of aromatic amines is 1. The SMILES string of the molecule is COc1cc(P(C)(C)=O)ccc1Nc1nc(NC2CCCCC2)c2c(C(F)(F)F)c[nH]c2n1. The average molecular weight is 481 g/mol. The number of benzene rings is 1. The van der Waals surface area contributed by atoms with Crippen molar-refractivity contribution in [2.45, 2.75) is 44.3 Å². The average Bonchev–Trinajstić information content (AvgIpc) is 3.19. The van der Waals surface area contributed by atoms with Crippen molar-refractivity contribution in [2.75, 3.05) is 31.1 Å². The Morgan fingerprint density at radius 3 is 2.52 bits per heavy atom. The first-order valence-electron chi connectivity index (χ1n) is 10.8. The van der Waals surface area contributed by atoms with Gasteiger partial charge in [0.1, 0.15) is 24.4 Å². The highest BCUT2D eigenvalue weighted by molar-refractivity contribution is 7.70. The number of nitrogens with zero attached hydrogens (tertiary/aromatic N) is 2. The summed E-state index contributed by atoms with van der Waals surface area (Å²) >= 11 is 0. The van der Waals surface area contributed by atoms with E-state index in [9.17, 15) is 17.7 Å². The number of hydrogen-bond acceptors (Lipinski definition) is 6. The number of ether oxygens (including phenoxy) is 1. The third-order valence-electron chi connectivity index (χ3n) is 5.84. The minimum absolute atomic E-state index is 0.0535. The van der Waals surface area contributed by atoms with Crippen LogP contribution in [-0.4, -0.2) is 41.4 Å². The van der Waals surface area contributed by atoms with Crippen LogP contribution in [0.4, 0.5) is 30.6 Å². The molecule has 4 rings (SSSR count). The third-order valence-corrected chi connectivity index (χ3v) is 7.36. The number of H-pyrrole nitrogens is 1. The monoisotopic (exact) mass is 481 g/mol. The molecule has 0 unspecified atom stereocenters. The Bertz CT molecular complexity index is 1200. The molecular weight excluding hydrogens is 454 g/mol. The zero-order valence-electron chi connectivity index (χ0n) is 18.7. The second-order valence-electron chi connectivity index (χ2n) is 8.66. The van der Waals surface area contributed by atoms with Gasteiger partial charge in [-0.2, -0.15) is 23.1 Å². The summed E-state index contributed by atoms with van der Waals surface area (Å²) in [6.45, 7) is 3.33. The van der Waals surface area contributed by atoms with Crippen LogP contribution in [0.25, 0.3) is 11.0 Å². The molecule has 1 aliphatic rings. The Labute approximate surface area is 189 Å². The van der Waals surface area contributed by atoms with Gasteiger partial charge >= 0.3 is 6.18 Å². The van der Waals surface area contributed by atoms with Crippen molar-refractivity contribution in [1.29, 1.82) is 0 Å². The summed E-state index contributed by atoms with van der Waals surface area (Å²) in [4.78, 5) is 11.3. The van der Waals surface area contributed by atoms with Crippen LogP contribution in [0.1, 0.15) is 37.7 Å². The molecule has 2 aromatic heterocycles. The summed E-state index contributed by atoms with van der Waals surface area (Å²) in [6.07, 6.45) is 1.32. The predicted octanol–water partition coefficient (Wildman–Crippen LogP) is 5.72. The van der Waals surface area contributed by atoms with Crippen molar-refractivity contribution in [3.63, 3.8) is 0 Å². The second kappa shape index (κ2) is 8.89. The van der Waals surface area contributed by atoms with Crippen molar-refractivity contribution in [1.82, 2.24) is 15.0 Å². The van der Waals surface area contributed by atoms with Crippen LogP contribution in [0.3, 0.4) is 0 Å². The van der Waals surface area contributed by atoms with E-state index in [2.05, 4.69) is 25.6 Å². The number of methoxy groups -OCH3 is 1. The van der Waals surface area contributed by atoms with Crippen LogP contribution in [0.2, 0.25) is 0 Å². The van der Waals surface area contributed by atoms with Crippen LogP contribution in [0.15, 0.2) is 24.4 Å². The van der Waals surface area contributed by atoms with E-state index in [0.29, 0.717) is 16.7 Å². The number of hydrogen-bond donors (Lipinski definition) is 3. The molecule has 0 spiro atoms. The third kappa shape index (κ3) is 5.11. The molecule has 11 heteroatoms. The Morgan fingerprint density at radius 2 is 1.88 bits per heavy atom. The smallest absolute Gasteiger partial charge is 0.418 e. The maximum atomic E-state index is 13.6. The number of aromatic nitrogens is 3.